The Morgan fingerprint density at radius 2 is 1.88 bits per heavy atom. The van der Waals surface area contributed by atoms with Crippen LogP contribution in [0.4, 0.5) is 5.69 Å². The van der Waals surface area contributed by atoms with Crippen LogP contribution in [0.15, 0.2) is 62.9 Å². The molecule has 10 nitrogen and oxygen atoms in total. The first kappa shape index (κ1) is 21.0. The summed E-state index contributed by atoms with van der Waals surface area (Å²) in [6.45, 7) is -0.0514. The van der Waals surface area contributed by atoms with Crippen LogP contribution in [0.25, 0.3) is 10.8 Å². The van der Waals surface area contributed by atoms with Gasteiger partial charge >= 0.3 is 0 Å². The van der Waals surface area contributed by atoms with Gasteiger partial charge < -0.3 is 15.4 Å². The van der Waals surface area contributed by atoms with E-state index < -0.39 is 22.9 Å². The molecular weight excluding hydrogens is 434 g/mol. The molecule has 0 saturated heterocycles. The molecule has 11 heteroatoms. The molecule has 2 heterocycles. The molecule has 0 fully saturated rings. The number of carbonyl (C=O) groups is 2. The highest BCUT2D eigenvalue weighted by molar-refractivity contribution is 7.07. The van der Waals surface area contributed by atoms with Crippen LogP contribution in [0.5, 0.6) is 5.75 Å². The Labute approximate surface area is 184 Å². The molecule has 2 aromatic heterocycles. The number of ether oxygens (including phenoxy) is 1. The molecule has 0 spiro atoms. The minimum absolute atomic E-state index is 0.0564. The summed E-state index contributed by atoms with van der Waals surface area (Å²) in [5, 5.41) is 11.6. The van der Waals surface area contributed by atoms with Crippen LogP contribution in [0.2, 0.25) is 0 Å². The molecule has 4 aromatic rings. The molecule has 2 aromatic carbocycles. The van der Waals surface area contributed by atoms with Gasteiger partial charge in [0, 0.05) is 10.9 Å². The number of anilines is 1. The fraction of sp³-hybridized carbons (Fsp3) is 0.0952. The van der Waals surface area contributed by atoms with E-state index in [1.54, 1.807) is 35.8 Å². The SMILES string of the molecule is O=C(CNC(=O)c1cccc(OCc2cscn2)c1)Nc1cccc2c(=O)[nH][nH]c(=O)c12. The zero-order valence-corrected chi connectivity index (χ0v) is 17.3. The number of hydrogen-bond acceptors (Lipinski definition) is 7. The molecule has 0 radical (unpaired) electrons. The number of benzene rings is 2. The van der Waals surface area contributed by atoms with Crippen LogP contribution in [-0.2, 0) is 11.4 Å². The maximum Gasteiger partial charge on any atom is 0.272 e. The van der Waals surface area contributed by atoms with Crippen molar-refractivity contribution in [1.82, 2.24) is 20.5 Å². The number of aromatic amines is 2. The Kier molecular flexibility index (Phi) is 6.08. The predicted octanol–water partition coefficient (Wildman–Crippen LogP) is 1.62. The largest absolute Gasteiger partial charge is 0.487 e. The molecule has 2 amide bonds. The lowest BCUT2D eigenvalue weighted by Gasteiger charge is -2.10. The minimum atomic E-state index is -0.554. The molecule has 0 saturated carbocycles. The van der Waals surface area contributed by atoms with Crippen LogP contribution < -0.4 is 26.5 Å². The van der Waals surface area contributed by atoms with Crippen molar-refractivity contribution in [3.63, 3.8) is 0 Å². The maximum atomic E-state index is 12.4. The number of fused-ring (bicyclic) bond motifs is 1. The van der Waals surface area contributed by atoms with Crippen molar-refractivity contribution < 1.29 is 14.3 Å². The number of amides is 2. The Hall–Kier alpha value is -4.25. The summed E-state index contributed by atoms with van der Waals surface area (Å²) in [6, 6.07) is 11.1. The fourth-order valence-electron chi connectivity index (χ4n) is 2.98. The Balaban J connectivity index is 1.38. The average molecular weight is 451 g/mol. The van der Waals surface area contributed by atoms with Crippen LogP contribution >= 0.6 is 11.3 Å². The highest BCUT2D eigenvalue weighted by atomic mass is 32.1. The second-order valence-corrected chi connectivity index (χ2v) is 7.38. The van der Waals surface area contributed by atoms with Crippen molar-refractivity contribution in [3.05, 3.63) is 85.3 Å². The lowest BCUT2D eigenvalue weighted by atomic mass is 10.1. The summed E-state index contributed by atoms with van der Waals surface area (Å²) in [7, 11) is 0. The topological polar surface area (TPSA) is 146 Å². The van der Waals surface area contributed by atoms with E-state index in [1.165, 1.54) is 23.5 Å². The molecule has 0 bridgehead atoms. The van der Waals surface area contributed by atoms with Gasteiger partial charge in [0.1, 0.15) is 12.4 Å². The van der Waals surface area contributed by atoms with Crippen molar-refractivity contribution in [2.24, 2.45) is 0 Å². The van der Waals surface area contributed by atoms with Crippen molar-refractivity contribution in [1.29, 1.82) is 0 Å². The molecule has 0 aliphatic rings. The normalized spacial score (nSPS) is 10.6. The van der Waals surface area contributed by atoms with Crippen molar-refractivity contribution in [2.75, 3.05) is 11.9 Å². The summed E-state index contributed by atoms with van der Waals surface area (Å²) in [5.41, 5.74) is 1.96. The van der Waals surface area contributed by atoms with Crippen molar-refractivity contribution in [3.8, 4) is 5.75 Å². The van der Waals surface area contributed by atoms with Gasteiger partial charge in [-0.2, -0.15) is 0 Å². The monoisotopic (exact) mass is 451 g/mol. The van der Waals surface area contributed by atoms with E-state index in [0.29, 0.717) is 11.3 Å². The second-order valence-electron chi connectivity index (χ2n) is 6.66. The first-order valence-electron chi connectivity index (χ1n) is 9.43. The highest BCUT2D eigenvalue weighted by Gasteiger charge is 2.13. The Morgan fingerprint density at radius 3 is 2.69 bits per heavy atom. The van der Waals surface area contributed by atoms with E-state index in [9.17, 15) is 19.2 Å². The third-order valence-electron chi connectivity index (χ3n) is 4.48. The van der Waals surface area contributed by atoms with Crippen molar-refractivity contribution in [2.45, 2.75) is 6.61 Å². The van der Waals surface area contributed by atoms with Gasteiger partial charge in [0.15, 0.2) is 0 Å². The number of carbonyl (C=O) groups excluding carboxylic acids is 2. The first-order chi connectivity index (χ1) is 15.5. The lowest BCUT2D eigenvalue weighted by Crippen LogP contribution is -2.33. The number of hydrogen-bond donors (Lipinski definition) is 4. The van der Waals surface area contributed by atoms with Gasteiger partial charge in [0.2, 0.25) is 5.91 Å². The molecule has 0 aliphatic carbocycles. The smallest absolute Gasteiger partial charge is 0.272 e. The summed E-state index contributed by atoms with van der Waals surface area (Å²) in [5.74, 6) is -0.525. The highest BCUT2D eigenvalue weighted by Crippen LogP contribution is 2.17. The molecule has 32 heavy (non-hydrogen) atoms. The third kappa shape index (κ3) is 4.73. The van der Waals surface area contributed by atoms with Gasteiger partial charge in [-0.25, -0.2) is 4.98 Å². The van der Waals surface area contributed by atoms with E-state index in [2.05, 4.69) is 25.8 Å². The molecule has 4 rings (SSSR count). The number of nitrogens with one attached hydrogen (secondary N) is 4. The summed E-state index contributed by atoms with van der Waals surface area (Å²) in [4.78, 5) is 52.9. The average Bonchev–Trinajstić information content (AvgIpc) is 3.32. The van der Waals surface area contributed by atoms with Crippen LogP contribution in [0.1, 0.15) is 16.1 Å². The zero-order chi connectivity index (χ0) is 22.5. The third-order valence-corrected chi connectivity index (χ3v) is 5.11. The quantitative estimate of drug-likeness (QED) is 0.336. The van der Waals surface area contributed by atoms with E-state index in [-0.39, 0.29) is 29.6 Å². The number of nitrogens with zero attached hydrogens (tertiary/aromatic N) is 1. The molecule has 162 valence electrons. The standard InChI is InChI=1S/C21H17N5O5S/c27-17(24-16-6-2-5-15-18(16)21(30)26-25-20(15)29)8-22-19(28)12-3-1-4-14(7-12)31-9-13-10-32-11-23-13/h1-7,10-11H,8-9H2,(H,22,28)(H,24,27)(H,25,29)(H,26,30). The zero-order valence-electron chi connectivity index (χ0n) is 16.5. The van der Waals surface area contributed by atoms with Gasteiger partial charge in [0.25, 0.3) is 17.0 Å². The second kappa shape index (κ2) is 9.27. The van der Waals surface area contributed by atoms with Crippen LogP contribution in [0.3, 0.4) is 0 Å². The summed E-state index contributed by atoms with van der Waals surface area (Å²) >= 11 is 1.47. The van der Waals surface area contributed by atoms with Gasteiger partial charge in [-0.05, 0) is 30.3 Å². The van der Waals surface area contributed by atoms with Crippen LogP contribution in [-0.4, -0.2) is 33.5 Å². The molecular formula is C21H17N5O5S. The fourth-order valence-corrected chi connectivity index (χ4v) is 3.53. The Bertz CT molecular complexity index is 1390. The first-order valence-corrected chi connectivity index (χ1v) is 10.4. The van der Waals surface area contributed by atoms with Gasteiger partial charge in [-0.3, -0.25) is 29.4 Å². The number of rotatable bonds is 7. The summed E-state index contributed by atoms with van der Waals surface area (Å²) < 4.78 is 5.63. The number of H-pyrrole nitrogens is 2. The van der Waals surface area contributed by atoms with Gasteiger partial charge in [-0.1, -0.05) is 12.1 Å². The van der Waals surface area contributed by atoms with E-state index in [1.807, 2.05) is 5.38 Å². The molecule has 4 N–H and O–H groups in total. The van der Waals surface area contributed by atoms with E-state index in [0.717, 1.165) is 5.69 Å². The Morgan fingerprint density at radius 1 is 1.06 bits per heavy atom. The molecule has 0 unspecified atom stereocenters. The number of aromatic nitrogens is 3. The van der Waals surface area contributed by atoms with Crippen molar-refractivity contribution >= 4 is 39.6 Å². The van der Waals surface area contributed by atoms with Gasteiger partial charge in [-0.15, -0.1) is 11.3 Å². The van der Waals surface area contributed by atoms with E-state index >= 15 is 0 Å². The molecule has 0 aliphatic heterocycles. The maximum absolute atomic E-state index is 12.4. The predicted molar refractivity (Wildman–Crippen MR) is 119 cm³/mol. The van der Waals surface area contributed by atoms with Crippen LogP contribution in [0, 0.1) is 0 Å². The summed E-state index contributed by atoms with van der Waals surface area (Å²) in [6.07, 6.45) is 0. The number of thiazole rings is 1. The van der Waals surface area contributed by atoms with E-state index in [4.69, 9.17) is 4.74 Å². The minimum Gasteiger partial charge on any atom is -0.487 e. The lowest BCUT2D eigenvalue weighted by molar-refractivity contribution is -0.115. The van der Waals surface area contributed by atoms with Gasteiger partial charge in [0.05, 0.1) is 34.2 Å². The molecule has 0 atom stereocenters.